The van der Waals surface area contributed by atoms with Gasteiger partial charge in [-0.05, 0) is 65.5 Å². The van der Waals surface area contributed by atoms with Crippen LogP contribution in [0.3, 0.4) is 0 Å². The first-order valence-electron chi connectivity index (χ1n) is 11.0. The zero-order chi connectivity index (χ0) is 25.7. The molecule has 1 atom stereocenters. The van der Waals surface area contributed by atoms with E-state index < -0.39 is 38.5 Å². The van der Waals surface area contributed by atoms with Gasteiger partial charge in [-0.1, -0.05) is 47.1 Å². The first-order valence-corrected chi connectivity index (χ1v) is 13.7. The van der Waals surface area contributed by atoms with E-state index in [1.165, 1.54) is 40.6 Å². The molecule has 0 spiro atoms. The number of hydrogen-bond donors (Lipinski definition) is 3. The lowest BCUT2D eigenvalue weighted by molar-refractivity contribution is -0.138. The summed E-state index contributed by atoms with van der Waals surface area (Å²) in [7, 11) is -4.32. The molecular weight excluding hydrogens is 474 g/mol. The number of hydrogen-bond acceptors (Lipinski definition) is 5. The molecule has 0 bridgehead atoms. The van der Waals surface area contributed by atoms with Crippen LogP contribution >= 0.6 is 11.8 Å². The van der Waals surface area contributed by atoms with Crippen LogP contribution in [0.25, 0.3) is 0 Å². The monoisotopic (exact) mass is 509 g/mol. The molecule has 0 fully saturated rings. The minimum atomic E-state index is -4.32. The molecule has 0 aliphatic heterocycles. The highest BCUT2D eigenvalue weighted by Gasteiger charge is 2.28. The van der Waals surface area contributed by atoms with Crippen molar-refractivity contribution < 1.29 is 28.2 Å². The van der Waals surface area contributed by atoms with Crippen molar-refractivity contribution in [3.8, 4) is 0 Å². The third kappa shape index (κ3) is 11.2. The SMILES string of the molecule is CC(C)=CCCC(C)=CCCC(C)=CCSC[C@H](NS(=O)(=O)c1ccccc1C(=O)O)C(=O)O. The smallest absolute Gasteiger partial charge is 0.337 e. The van der Waals surface area contributed by atoms with E-state index in [-0.39, 0.29) is 5.75 Å². The van der Waals surface area contributed by atoms with Crippen molar-refractivity contribution in [3.05, 3.63) is 64.8 Å². The average Bonchev–Trinajstić information content (AvgIpc) is 2.75. The van der Waals surface area contributed by atoms with Crippen LogP contribution in [0.1, 0.15) is 63.7 Å². The Hall–Kier alpha value is -2.36. The van der Waals surface area contributed by atoms with Crippen molar-refractivity contribution >= 4 is 33.7 Å². The topological polar surface area (TPSA) is 121 Å². The summed E-state index contributed by atoms with van der Waals surface area (Å²) in [6.07, 6.45) is 10.4. The zero-order valence-corrected chi connectivity index (χ0v) is 21.8. The highest BCUT2D eigenvalue weighted by molar-refractivity contribution is 7.99. The van der Waals surface area contributed by atoms with Crippen LogP contribution < -0.4 is 4.72 Å². The minimum Gasteiger partial charge on any atom is -0.480 e. The van der Waals surface area contributed by atoms with Crippen LogP contribution in [0.15, 0.2) is 64.1 Å². The first-order chi connectivity index (χ1) is 15.9. The number of aromatic carboxylic acids is 1. The van der Waals surface area contributed by atoms with E-state index in [9.17, 15) is 28.2 Å². The largest absolute Gasteiger partial charge is 0.480 e. The summed E-state index contributed by atoms with van der Waals surface area (Å²) in [6.45, 7) is 8.34. The van der Waals surface area contributed by atoms with Gasteiger partial charge in [0.25, 0.3) is 0 Å². The maximum Gasteiger partial charge on any atom is 0.337 e. The predicted octanol–water partition coefficient (Wildman–Crippen LogP) is 5.27. The van der Waals surface area contributed by atoms with Crippen molar-refractivity contribution in [2.45, 2.75) is 64.3 Å². The molecule has 0 heterocycles. The molecule has 1 rings (SSSR count). The third-order valence-corrected chi connectivity index (χ3v) is 7.46. The van der Waals surface area contributed by atoms with Crippen LogP contribution in [0.5, 0.6) is 0 Å². The Morgan fingerprint density at radius 3 is 2.15 bits per heavy atom. The maximum absolute atomic E-state index is 12.6. The van der Waals surface area contributed by atoms with Crippen molar-refractivity contribution in [2.24, 2.45) is 0 Å². The van der Waals surface area contributed by atoms with Crippen LogP contribution in [0.4, 0.5) is 0 Å². The molecule has 0 aliphatic rings. The van der Waals surface area contributed by atoms with Crippen LogP contribution in [0.2, 0.25) is 0 Å². The summed E-state index contributed by atoms with van der Waals surface area (Å²) in [5.74, 6) is -2.16. The van der Waals surface area contributed by atoms with Crippen molar-refractivity contribution in [1.82, 2.24) is 4.72 Å². The second kappa shape index (κ2) is 14.8. The second-order valence-electron chi connectivity index (χ2n) is 8.31. The number of benzene rings is 1. The number of allylic oxidation sites excluding steroid dienone is 5. The molecule has 0 saturated heterocycles. The number of rotatable bonds is 15. The average molecular weight is 510 g/mol. The molecule has 188 valence electrons. The standard InChI is InChI=1S/C25H35NO6S2/c1-18(2)9-7-10-19(3)11-8-12-20(4)15-16-33-17-22(25(29)30)26-34(31,32)23-14-6-5-13-21(23)24(27)28/h5-6,9,11,13-15,22,26H,7-8,10,12,16-17H2,1-4H3,(H,27,28)(H,29,30)/t22-/m0/s1. The fourth-order valence-electron chi connectivity index (χ4n) is 3.01. The fourth-order valence-corrected chi connectivity index (χ4v) is 5.50. The molecule has 0 aliphatic carbocycles. The first kappa shape index (κ1) is 29.7. The van der Waals surface area contributed by atoms with Crippen LogP contribution in [-0.4, -0.2) is 48.1 Å². The normalized spacial score (nSPS) is 13.4. The quantitative estimate of drug-likeness (QED) is 0.218. The molecule has 1 aromatic carbocycles. The molecule has 0 saturated carbocycles. The van der Waals surface area contributed by atoms with Crippen molar-refractivity contribution in [2.75, 3.05) is 11.5 Å². The number of carboxylic acids is 2. The summed E-state index contributed by atoms with van der Waals surface area (Å²) in [5.41, 5.74) is 3.46. The van der Waals surface area contributed by atoms with Gasteiger partial charge in [0.1, 0.15) is 6.04 Å². The predicted molar refractivity (Wildman–Crippen MR) is 138 cm³/mol. The second-order valence-corrected chi connectivity index (χ2v) is 11.1. The van der Waals surface area contributed by atoms with E-state index in [0.29, 0.717) is 5.75 Å². The Morgan fingerprint density at radius 2 is 1.56 bits per heavy atom. The number of carboxylic acid groups (broad SMARTS) is 2. The molecule has 0 amide bonds. The summed E-state index contributed by atoms with van der Waals surface area (Å²) in [5, 5.41) is 18.7. The van der Waals surface area contributed by atoms with Gasteiger partial charge in [0.05, 0.1) is 10.5 Å². The fraction of sp³-hybridized carbons (Fsp3) is 0.440. The van der Waals surface area contributed by atoms with E-state index >= 15 is 0 Å². The Balaban J connectivity index is 2.60. The Labute approximate surface area is 207 Å². The molecule has 9 heteroatoms. The van der Waals surface area contributed by atoms with E-state index in [4.69, 9.17) is 0 Å². The van der Waals surface area contributed by atoms with Gasteiger partial charge in [-0.3, -0.25) is 4.79 Å². The van der Waals surface area contributed by atoms with E-state index in [1.807, 2.05) is 13.0 Å². The number of carbonyl (C=O) groups is 2. The lowest BCUT2D eigenvalue weighted by Gasteiger charge is -2.15. The summed E-state index contributed by atoms with van der Waals surface area (Å²) < 4.78 is 27.4. The van der Waals surface area contributed by atoms with Gasteiger partial charge in [0.15, 0.2) is 0 Å². The van der Waals surface area contributed by atoms with Crippen LogP contribution in [0, 0.1) is 0 Å². The summed E-state index contributed by atoms with van der Waals surface area (Å²) in [6, 6.07) is 3.72. The van der Waals surface area contributed by atoms with Gasteiger partial charge in [-0.2, -0.15) is 16.5 Å². The molecule has 7 nitrogen and oxygen atoms in total. The lowest BCUT2D eigenvalue weighted by Crippen LogP contribution is -2.43. The molecule has 0 unspecified atom stereocenters. The molecule has 0 radical (unpaired) electrons. The van der Waals surface area contributed by atoms with Gasteiger partial charge < -0.3 is 10.2 Å². The van der Waals surface area contributed by atoms with Crippen LogP contribution in [-0.2, 0) is 14.8 Å². The van der Waals surface area contributed by atoms with Gasteiger partial charge >= 0.3 is 11.9 Å². The van der Waals surface area contributed by atoms with Crippen molar-refractivity contribution in [3.63, 3.8) is 0 Å². The Morgan fingerprint density at radius 1 is 0.971 bits per heavy atom. The van der Waals surface area contributed by atoms with E-state index in [2.05, 4.69) is 37.6 Å². The molecule has 1 aromatic rings. The molecule has 0 aromatic heterocycles. The highest BCUT2D eigenvalue weighted by atomic mass is 32.2. The van der Waals surface area contributed by atoms with E-state index in [1.54, 1.807) is 0 Å². The molecule has 34 heavy (non-hydrogen) atoms. The van der Waals surface area contributed by atoms with Gasteiger partial charge in [0.2, 0.25) is 10.0 Å². The van der Waals surface area contributed by atoms with Gasteiger partial charge in [0, 0.05) is 11.5 Å². The van der Waals surface area contributed by atoms with Crippen molar-refractivity contribution in [1.29, 1.82) is 0 Å². The number of aliphatic carboxylic acids is 1. The zero-order valence-electron chi connectivity index (χ0n) is 20.2. The minimum absolute atomic E-state index is 0.0109. The van der Waals surface area contributed by atoms with Gasteiger partial charge in [-0.25, -0.2) is 13.2 Å². The molecular formula is C25H35NO6S2. The summed E-state index contributed by atoms with van der Waals surface area (Å²) >= 11 is 1.30. The maximum atomic E-state index is 12.6. The Bertz CT molecular complexity index is 1040. The lowest BCUT2D eigenvalue weighted by atomic mass is 10.1. The molecule has 3 N–H and O–H groups in total. The summed E-state index contributed by atoms with van der Waals surface area (Å²) in [4.78, 5) is 22.5. The highest BCUT2D eigenvalue weighted by Crippen LogP contribution is 2.17. The van der Waals surface area contributed by atoms with Gasteiger partial charge in [-0.15, -0.1) is 0 Å². The Kier molecular flexibility index (Phi) is 12.9. The van der Waals surface area contributed by atoms with E-state index in [0.717, 1.165) is 37.8 Å². The number of nitrogens with one attached hydrogen (secondary N) is 1. The number of sulfonamides is 1. The third-order valence-electron chi connectivity index (χ3n) is 4.96. The number of thioether (sulfide) groups is 1.